The van der Waals surface area contributed by atoms with Gasteiger partial charge in [-0.15, -0.1) is 0 Å². The van der Waals surface area contributed by atoms with Gasteiger partial charge in [-0.2, -0.15) is 13.1 Å². The lowest BCUT2D eigenvalue weighted by molar-refractivity contribution is 0.409. The van der Waals surface area contributed by atoms with Crippen LogP contribution in [0.3, 0.4) is 0 Å². The van der Waals surface area contributed by atoms with E-state index in [1.807, 2.05) is 42.5 Å². The number of rotatable bonds is 6. The van der Waals surface area contributed by atoms with E-state index in [2.05, 4.69) is 9.71 Å². The molecule has 0 aliphatic carbocycles. The number of fused-ring (bicyclic) bond motifs is 1. The first-order chi connectivity index (χ1) is 12.4. The zero-order valence-electron chi connectivity index (χ0n) is 14.4. The Balaban J connectivity index is 2.03. The van der Waals surface area contributed by atoms with Gasteiger partial charge in [0.05, 0.1) is 19.7 Å². The minimum Gasteiger partial charge on any atom is -0.497 e. The van der Waals surface area contributed by atoms with Crippen molar-refractivity contribution in [2.45, 2.75) is 6.54 Å². The SMILES string of the molecule is COc1ccc2c(-c3ccc(CNS(N)(=O)=O)c(OC)c3)ccnc2c1. The normalized spacial score (nSPS) is 11.5. The maximum Gasteiger partial charge on any atom is 0.274 e. The molecular weight excluding hydrogens is 354 g/mol. The van der Waals surface area contributed by atoms with E-state index in [1.165, 1.54) is 7.11 Å². The third-order valence-electron chi connectivity index (χ3n) is 4.01. The Morgan fingerprint density at radius 2 is 1.88 bits per heavy atom. The number of nitrogens with zero attached hydrogens (tertiary/aromatic N) is 1. The first-order valence-corrected chi connectivity index (χ1v) is 9.33. The van der Waals surface area contributed by atoms with Gasteiger partial charge in [0.1, 0.15) is 11.5 Å². The molecule has 0 amide bonds. The highest BCUT2D eigenvalue weighted by Crippen LogP contribution is 2.32. The molecule has 1 heterocycles. The monoisotopic (exact) mass is 373 g/mol. The largest absolute Gasteiger partial charge is 0.497 e. The van der Waals surface area contributed by atoms with Gasteiger partial charge in [-0.25, -0.2) is 5.14 Å². The van der Waals surface area contributed by atoms with Crippen LogP contribution in [0.5, 0.6) is 11.5 Å². The van der Waals surface area contributed by atoms with Crippen LogP contribution in [0.1, 0.15) is 5.56 Å². The number of hydrogen-bond donors (Lipinski definition) is 2. The van der Waals surface area contributed by atoms with Gasteiger partial charge in [-0.05, 0) is 35.4 Å². The molecule has 0 aliphatic rings. The molecule has 0 bridgehead atoms. The van der Waals surface area contributed by atoms with Crippen molar-refractivity contribution in [2.75, 3.05) is 14.2 Å². The van der Waals surface area contributed by atoms with E-state index in [0.29, 0.717) is 11.3 Å². The van der Waals surface area contributed by atoms with E-state index in [4.69, 9.17) is 14.6 Å². The van der Waals surface area contributed by atoms with Crippen LogP contribution >= 0.6 is 0 Å². The lowest BCUT2D eigenvalue weighted by Crippen LogP contribution is -2.30. The summed E-state index contributed by atoms with van der Waals surface area (Å²) in [4.78, 5) is 4.39. The Morgan fingerprint density at radius 1 is 1.08 bits per heavy atom. The lowest BCUT2D eigenvalue weighted by Gasteiger charge is -2.13. The molecule has 0 aliphatic heterocycles. The maximum absolute atomic E-state index is 11.1. The summed E-state index contributed by atoms with van der Waals surface area (Å²) in [5.74, 6) is 1.31. The summed E-state index contributed by atoms with van der Waals surface area (Å²) in [6.45, 7) is 0.0522. The Kier molecular flexibility index (Phi) is 5.08. The van der Waals surface area contributed by atoms with Crippen LogP contribution in [-0.2, 0) is 16.8 Å². The molecule has 3 aromatic rings. The summed E-state index contributed by atoms with van der Waals surface area (Å²) in [6, 6.07) is 13.2. The van der Waals surface area contributed by atoms with Crippen molar-refractivity contribution in [1.29, 1.82) is 0 Å². The fourth-order valence-corrected chi connectivity index (χ4v) is 3.10. The molecule has 3 rings (SSSR count). The van der Waals surface area contributed by atoms with Crippen molar-refractivity contribution in [3.8, 4) is 22.6 Å². The maximum atomic E-state index is 11.1. The molecule has 0 spiro atoms. The summed E-state index contributed by atoms with van der Waals surface area (Å²) in [7, 11) is -0.619. The van der Waals surface area contributed by atoms with E-state index in [1.54, 1.807) is 13.3 Å². The molecule has 2 aromatic carbocycles. The second kappa shape index (κ2) is 7.28. The molecule has 0 saturated heterocycles. The molecule has 136 valence electrons. The highest BCUT2D eigenvalue weighted by Gasteiger charge is 2.11. The standard InChI is InChI=1S/C18H19N3O4S/c1-24-14-5-6-16-15(7-8-20-17(16)10-14)12-3-4-13(18(9-12)25-2)11-21-26(19,22)23/h3-10,21H,11H2,1-2H3,(H2,19,22,23). The minimum atomic E-state index is -3.77. The second-order valence-corrected chi connectivity index (χ2v) is 7.01. The van der Waals surface area contributed by atoms with Gasteiger partial charge in [0.25, 0.3) is 10.2 Å². The van der Waals surface area contributed by atoms with Gasteiger partial charge in [0.15, 0.2) is 0 Å². The number of methoxy groups -OCH3 is 2. The fraction of sp³-hybridized carbons (Fsp3) is 0.167. The van der Waals surface area contributed by atoms with Crippen LogP contribution in [0, 0.1) is 0 Å². The van der Waals surface area contributed by atoms with Crippen molar-refractivity contribution in [2.24, 2.45) is 5.14 Å². The Morgan fingerprint density at radius 3 is 2.58 bits per heavy atom. The summed E-state index contributed by atoms with van der Waals surface area (Å²) >= 11 is 0. The summed E-state index contributed by atoms with van der Waals surface area (Å²) < 4.78 is 35.1. The summed E-state index contributed by atoms with van der Waals surface area (Å²) in [5.41, 5.74) is 3.42. The molecule has 0 fully saturated rings. The third kappa shape index (κ3) is 3.93. The predicted octanol–water partition coefficient (Wildman–Crippen LogP) is 2.21. The lowest BCUT2D eigenvalue weighted by atomic mass is 9.99. The Labute approximate surface area is 151 Å². The molecule has 0 saturated carbocycles. The van der Waals surface area contributed by atoms with Crippen molar-refractivity contribution in [1.82, 2.24) is 9.71 Å². The van der Waals surface area contributed by atoms with E-state index in [-0.39, 0.29) is 6.54 Å². The molecule has 3 N–H and O–H groups in total. The third-order valence-corrected chi connectivity index (χ3v) is 4.56. The molecule has 26 heavy (non-hydrogen) atoms. The van der Waals surface area contributed by atoms with E-state index in [9.17, 15) is 8.42 Å². The van der Waals surface area contributed by atoms with Crippen molar-refractivity contribution < 1.29 is 17.9 Å². The van der Waals surface area contributed by atoms with Gasteiger partial charge >= 0.3 is 0 Å². The highest BCUT2D eigenvalue weighted by molar-refractivity contribution is 7.87. The molecule has 8 heteroatoms. The number of hydrogen-bond acceptors (Lipinski definition) is 5. The molecule has 0 radical (unpaired) electrons. The zero-order valence-corrected chi connectivity index (χ0v) is 15.2. The zero-order chi connectivity index (χ0) is 18.7. The van der Waals surface area contributed by atoms with Crippen molar-refractivity contribution in [3.63, 3.8) is 0 Å². The van der Waals surface area contributed by atoms with Gasteiger partial charge in [0, 0.05) is 29.8 Å². The van der Waals surface area contributed by atoms with Crippen LogP contribution in [0.15, 0.2) is 48.7 Å². The van der Waals surface area contributed by atoms with Crippen molar-refractivity contribution in [3.05, 3.63) is 54.2 Å². The van der Waals surface area contributed by atoms with Gasteiger partial charge in [-0.1, -0.05) is 12.1 Å². The minimum absolute atomic E-state index is 0.0522. The predicted molar refractivity (Wildman–Crippen MR) is 100 cm³/mol. The number of pyridine rings is 1. The summed E-state index contributed by atoms with van der Waals surface area (Å²) in [5, 5.41) is 5.96. The van der Waals surface area contributed by atoms with E-state index in [0.717, 1.165) is 27.8 Å². The smallest absolute Gasteiger partial charge is 0.274 e. The quantitative estimate of drug-likeness (QED) is 0.689. The first-order valence-electron chi connectivity index (χ1n) is 7.78. The Bertz CT molecular complexity index is 1050. The molecule has 7 nitrogen and oxygen atoms in total. The molecule has 0 unspecified atom stereocenters. The van der Waals surface area contributed by atoms with Gasteiger partial charge in [0.2, 0.25) is 0 Å². The summed E-state index contributed by atoms with van der Waals surface area (Å²) in [6.07, 6.45) is 1.74. The van der Waals surface area contributed by atoms with Crippen LogP contribution in [0.4, 0.5) is 0 Å². The number of aromatic nitrogens is 1. The van der Waals surface area contributed by atoms with Crippen LogP contribution in [-0.4, -0.2) is 27.6 Å². The Hall–Kier alpha value is -2.68. The van der Waals surface area contributed by atoms with E-state index < -0.39 is 10.2 Å². The van der Waals surface area contributed by atoms with Crippen molar-refractivity contribution >= 4 is 21.1 Å². The first kappa shape index (κ1) is 18.1. The second-order valence-electron chi connectivity index (χ2n) is 5.63. The molecular formula is C18H19N3O4S. The number of ether oxygens (including phenoxy) is 2. The van der Waals surface area contributed by atoms with E-state index >= 15 is 0 Å². The van der Waals surface area contributed by atoms with Crippen LogP contribution in [0.25, 0.3) is 22.0 Å². The number of nitrogens with one attached hydrogen (secondary N) is 1. The fourth-order valence-electron chi connectivity index (χ4n) is 2.74. The topological polar surface area (TPSA) is 104 Å². The number of benzene rings is 2. The van der Waals surface area contributed by atoms with Crippen LogP contribution in [0.2, 0.25) is 0 Å². The van der Waals surface area contributed by atoms with Gasteiger partial charge < -0.3 is 9.47 Å². The number of nitrogens with two attached hydrogens (primary N) is 1. The average Bonchev–Trinajstić information content (AvgIpc) is 2.64. The van der Waals surface area contributed by atoms with Crippen LogP contribution < -0.4 is 19.3 Å². The average molecular weight is 373 g/mol. The highest BCUT2D eigenvalue weighted by atomic mass is 32.2. The molecule has 1 aromatic heterocycles. The van der Waals surface area contributed by atoms with Gasteiger partial charge in [-0.3, -0.25) is 4.98 Å². The molecule has 0 atom stereocenters.